The van der Waals surface area contributed by atoms with Crippen molar-refractivity contribution in [3.8, 4) is 0 Å². The summed E-state index contributed by atoms with van der Waals surface area (Å²) in [5.74, 6) is 2.43. The van der Waals surface area contributed by atoms with Crippen molar-refractivity contribution in [1.29, 1.82) is 0 Å². The van der Waals surface area contributed by atoms with Crippen LogP contribution in [0.2, 0.25) is 0 Å². The zero-order valence-electron chi connectivity index (χ0n) is 28.8. The number of ether oxygens (including phenoxy) is 4. The van der Waals surface area contributed by atoms with E-state index in [4.69, 9.17) is 18.9 Å². The van der Waals surface area contributed by atoms with Crippen molar-refractivity contribution in [1.82, 2.24) is 0 Å². The highest BCUT2D eigenvalue weighted by atomic mass is 16.7. The topological polar surface area (TPSA) is 77.4 Å². The predicted octanol–water partition coefficient (Wildman–Crippen LogP) is 5.05. The number of likely N-dealkylation sites (N-methyl/N-ethyl adjacent to an activating group) is 2. The highest BCUT2D eigenvalue weighted by Gasteiger charge is 2.35. The molecule has 0 radical (unpaired) electrons. The highest BCUT2D eigenvalue weighted by molar-refractivity contribution is 4.81. The molecule has 2 fully saturated rings. The Labute approximate surface area is 259 Å². The molecule has 2 unspecified atom stereocenters. The van der Waals surface area contributed by atoms with Crippen molar-refractivity contribution in [3.63, 3.8) is 0 Å². The molecule has 8 nitrogen and oxygen atoms in total. The van der Waals surface area contributed by atoms with E-state index in [1.807, 2.05) is 27.7 Å². The molecule has 0 bridgehead atoms. The third-order valence-corrected chi connectivity index (χ3v) is 9.91. The van der Waals surface area contributed by atoms with E-state index in [-0.39, 0.29) is 24.8 Å². The maximum Gasteiger partial charge on any atom is 0.207 e. The third-order valence-electron chi connectivity index (χ3n) is 9.91. The number of quaternary nitrogens is 2. The van der Waals surface area contributed by atoms with E-state index in [2.05, 4.69) is 28.2 Å². The molecule has 0 aliphatic heterocycles. The van der Waals surface area contributed by atoms with E-state index in [1.165, 1.54) is 38.5 Å². The minimum absolute atomic E-state index is 0.207. The molecule has 2 N–H and O–H groups in total. The van der Waals surface area contributed by atoms with Crippen LogP contribution in [0.3, 0.4) is 0 Å². The second-order valence-electron chi connectivity index (χ2n) is 14.6. The fraction of sp³-hybridized carbons (Fsp3) is 1.00. The number of hydrogen-bond acceptors (Lipinski definition) is 6. The molecule has 0 aromatic carbocycles. The quantitative estimate of drug-likeness (QED) is 0.141. The summed E-state index contributed by atoms with van der Waals surface area (Å²) in [4.78, 5) is 0. The second-order valence-corrected chi connectivity index (χ2v) is 14.6. The molecule has 0 spiro atoms. The molecular formula is C34H70N2O6+2. The Morgan fingerprint density at radius 3 is 1.05 bits per heavy atom. The molecule has 0 aromatic heterocycles. The monoisotopic (exact) mass is 603 g/mol. The van der Waals surface area contributed by atoms with Crippen LogP contribution in [-0.2, 0) is 18.9 Å². The van der Waals surface area contributed by atoms with Gasteiger partial charge in [0.25, 0.3) is 0 Å². The lowest BCUT2D eigenvalue weighted by atomic mass is 9.74. The number of aliphatic hydroxyl groups excluding tert-OH is 2. The molecule has 2 rings (SSSR count). The van der Waals surface area contributed by atoms with E-state index < -0.39 is 0 Å². The summed E-state index contributed by atoms with van der Waals surface area (Å²) in [5.41, 5.74) is 0. The van der Waals surface area contributed by atoms with Crippen LogP contribution >= 0.6 is 0 Å². The van der Waals surface area contributed by atoms with Crippen LogP contribution < -0.4 is 0 Å². The van der Waals surface area contributed by atoms with Crippen LogP contribution in [0, 0.1) is 23.7 Å². The van der Waals surface area contributed by atoms with Crippen LogP contribution in [0.1, 0.15) is 91.9 Å². The zero-order chi connectivity index (χ0) is 31.2. The Balaban J connectivity index is 1.67. The van der Waals surface area contributed by atoms with Crippen LogP contribution in [-0.4, -0.2) is 125 Å². The lowest BCUT2D eigenvalue weighted by molar-refractivity contribution is -0.899. The van der Waals surface area contributed by atoms with E-state index in [1.54, 1.807) is 0 Å². The first-order valence-electron chi connectivity index (χ1n) is 17.4. The van der Waals surface area contributed by atoms with Crippen LogP contribution in [0.5, 0.6) is 0 Å². The molecule has 250 valence electrons. The minimum Gasteiger partial charge on any atom is -0.387 e. The van der Waals surface area contributed by atoms with Gasteiger partial charge in [-0.3, -0.25) is 0 Å². The lowest BCUT2D eigenvalue weighted by Crippen LogP contribution is -2.52. The predicted molar refractivity (Wildman–Crippen MR) is 170 cm³/mol. The summed E-state index contributed by atoms with van der Waals surface area (Å²) in [7, 11) is 8.70. The molecular weight excluding hydrogens is 532 g/mol. The van der Waals surface area contributed by atoms with Crippen LogP contribution in [0.4, 0.5) is 0 Å². The van der Waals surface area contributed by atoms with Gasteiger partial charge in [-0.1, -0.05) is 38.5 Å². The number of rotatable bonds is 21. The van der Waals surface area contributed by atoms with Crippen molar-refractivity contribution in [2.75, 3.05) is 80.8 Å². The smallest absolute Gasteiger partial charge is 0.207 e. The van der Waals surface area contributed by atoms with Gasteiger partial charge in [0.05, 0.1) is 28.2 Å². The second kappa shape index (κ2) is 19.3. The summed E-state index contributed by atoms with van der Waals surface area (Å²) in [6.07, 6.45) is 11.3. The van der Waals surface area contributed by atoms with E-state index >= 15 is 0 Å². The Bertz CT molecular complexity index is 622. The van der Waals surface area contributed by atoms with Gasteiger partial charge in [-0.05, 0) is 77.0 Å². The Morgan fingerprint density at radius 2 is 0.786 bits per heavy atom. The number of aliphatic hydroxyl groups is 2. The number of nitrogens with zero attached hydrogens (tertiary/aromatic N) is 2. The normalized spacial score (nSPS) is 25.7. The van der Waals surface area contributed by atoms with Gasteiger partial charge in [0.15, 0.2) is 0 Å². The molecule has 8 heteroatoms. The Kier molecular flexibility index (Phi) is 17.4. The number of hydrogen-bond donors (Lipinski definition) is 2. The van der Waals surface area contributed by atoms with Crippen molar-refractivity contribution < 1.29 is 38.1 Å². The van der Waals surface area contributed by atoms with Gasteiger partial charge in [-0.2, -0.15) is 0 Å². The summed E-state index contributed by atoms with van der Waals surface area (Å²) in [5, 5.41) is 22.2. The molecule has 42 heavy (non-hydrogen) atoms. The van der Waals surface area contributed by atoms with E-state index in [9.17, 15) is 10.2 Å². The first-order chi connectivity index (χ1) is 19.9. The van der Waals surface area contributed by atoms with Crippen molar-refractivity contribution in [2.45, 2.75) is 117 Å². The average molecular weight is 603 g/mol. The summed E-state index contributed by atoms with van der Waals surface area (Å²) < 4.78 is 24.5. The first kappa shape index (κ1) is 37.9. The van der Waals surface area contributed by atoms with Crippen molar-refractivity contribution in [3.05, 3.63) is 0 Å². The van der Waals surface area contributed by atoms with Crippen molar-refractivity contribution in [2.24, 2.45) is 23.7 Å². The summed E-state index contributed by atoms with van der Waals surface area (Å²) in [6.45, 7) is 13.6. The lowest BCUT2D eigenvalue weighted by Gasteiger charge is -2.39. The SMILES string of the molecule is CCOC(C[N+](C)(C)CC(O)C1CCC(CCC2CCC(C(O)C[N+](C)(C)CC(OCC)OCC)CC2)CC1)OCC. The average Bonchev–Trinajstić information content (AvgIpc) is 2.92. The van der Waals surface area contributed by atoms with Gasteiger partial charge in [0, 0.05) is 26.4 Å². The van der Waals surface area contributed by atoms with E-state index in [0.29, 0.717) is 47.2 Å². The molecule has 0 amide bonds. The fourth-order valence-electron chi connectivity index (χ4n) is 7.51. The fourth-order valence-corrected chi connectivity index (χ4v) is 7.51. The molecule has 0 saturated heterocycles. The molecule has 2 atom stereocenters. The van der Waals surface area contributed by atoms with E-state index in [0.717, 1.165) is 63.7 Å². The summed E-state index contributed by atoms with van der Waals surface area (Å²) in [6, 6.07) is 0. The Morgan fingerprint density at radius 1 is 0.500 bits per heavy atom. The van der Waals surface area contributed by atoms with Gasteiger partial charge in [0.1, 0.15) is 38.4 Å². The third kappa shape index (κ3) is 14.2. The van der Waals surface area contributed by atoms with Gasteiger partial charge >= 0.3 is 0 Å². The zero-order valence-corrected chi connectivity index (χ0v) is 28.8. The molecule has 2 aliphatic rings. The molecule has 2 aliphatic carbocycles. The highest BCUT2D eigenvalue weighted by Crippen LogP contribution is 2.38. The molecule has 0 aromatic rings. The first-order valence-corrected chi connectivity index (χ1v) is 17.4. The standard InChI is InChI=1S/C34H70N2O6/c1-9-39-33(40-10-2)25-35(5,6)23-31(37)29-19-15-27(16-20-29)13-14-28-17-21-30(22-18-28)32(38)24-36(7,8)26-34(41-11-3)42-12-4/h27-34,37-38H,9-26H2,1-8H3/q+2. The Hall–Kier alpha value is -0.320. The maximum atomic E-state index is 11.1. The minimum atomic E-state index is -0.264. The van der Waals surface area contributed by atoms with Gasteiger partial charge in [-0.25, -0.2) is 0 Å². The largest absolute Gasteiger partial charge is 0.387 e. The van der Waals surface area contributed by atoms with Crippen molar-refractivity contribution >= 4 is 0 Å². The molecule has 2 saturated carbocycles. The summed E-state index contributed by atoms with van der Waals surface area (Å²) >= 11 is 0. The van der Waals surface area contributed by atoms with Crippen LogP contribution in [0.15, 0.2) is 0 Å². The van der Waals surface area contributed by atoms with Crippen LogP contribution in [0.25, 0.3) is 0 Å². The van der Waals surface area contributed by atoms with Gasteiger partial charge in [-0.15, -0.1) is 0 Å². The molecule has 0 heterocycles. The van der Waals surface area contributed by atoms with Gasteiger partial charge < -0.3 is 38.1 Å². The maximum absolute atomic E-state index is 11.1. The van der Waals surface area contributed by atoms with Gasteiger partial charge in [0.2, 0.25) is 12.6 Å².